The Morgan fingerprint density at radius 2 is 0.477 bits per heavy atom. The van der Waals surface area contributed by atoms with Crippen LogP contribution in [0.15, 0.2) is 109 Å². The Morgan fingerprint density at radius 3 is 0.752 bits per heavy atom. The van der Waals surface area contributed by atoms with Crippen LogP contribution in [0.2, 0.25) is 0 Å². The number of benzene rings is 5. The average molecular weight is 2070 g/mol. The van der Waals surface area contributed by atoms with Crippen molar-refractivity contribution in [3.63, 3.8) is 0 Å². The molecule has 0 radical (unpaired) electrons. The molecule has 0 saturated carbocycles. The Labute approximate surface area is 862 Å². The molecule has 1 unspecified atom stereocenters. The summed E-state index contributed by atoms with van der Waals surface area (Å²) in [5.74, 6) is -7.80. The number of aliphatic carboxylic acids is 7. The Kier molecular flexibility index (Phi) is 42.0. The van der Waals surface area contributed by atoms with Crippen LogP contribution in [-0.4, -0.2) is 362 Å². The summed E-state index contributed by atoms with van der Waals surface area (Å²) in [6.07, 6.45) is 14.4. The molecule has 10 fully saturated rings. The molecule has 7 N–H and O–H groups in total. The second-order valence-electron chi connectivity index (χ2n) is 38.6. The summed E-state index contributed by atoms with van der Waals surface area (Å²) in [4.78, 5) is 254. The molecule has 5 aromatic carbocycles. The minimum atomic E-state index is -1.04. The fourth-order valence-corrected chi connectivity index (χ4v) is 21.0. The van der Waals surface area contributed by atoms with E-state index in [2.05, 4.69) is 0 Å². The van der Waals surface area contributed by atoms with Gasteiger partial charge in [0.1, 0.15) is 53.8 Å². The van der Waals surface area contributed by atoms with Gasteiger partial charge < -0.3 is 108 Å². The lowest BCUT2D eigenvalue weighted by atomic mass is 9.98. The normalized spacial score (nSPS) is 21.0. The van der Waals surface area contributed by atoms with Crippen molar-refractivity contribution >= 4 is 118 Å². The molecule has 0 aromatic heterocycles. The number of hydrogen-bond donors (Lipinski definition) is 7. The molecule has 0 spiro atoms. The summed E-state index contributed by atoms with van der Waals surface area (Å²) < 4.78 is 27.9. The van der Waals surface area contributed by atoms with Crippen LogP contribution in [0.25, 0.3) is 0 Å². The predicted octanol–water partition coefficient (Wildman–Crippen LogP) is 6.57. The Balaban J connectivity index is 0.000000177. The van der Waals surface area contributed by atoms with Gasteiger partial charge >= 0.3 is 41.8 Å². The van der Waals surface area contributed by atoms with Crippen molar-refractivity contribution in [2.75, 3.05) is 99.0 Å². The summed E-state index contributed by atoms with van der Waals surface area (Å²) in [6.45, 7) is 9.83. The number of Topliss-reactive ketones (excluding diaryl/α,β-unsaturated/α-hetero) is 3. The molecule has 5 aromatic rings. The molecular formula is C107H134N10O32. The number of likely N-dealkylation sites (tertiary alicyclic amines) is 10. The van der Waals surface area contributed by atoms with Crippen LogP contribution in [0.4, 0.5) is 0 Å². The van der Waals surface area contributed by atoms with E-state index in [1.54, 1.807) is 83.5 Å². The number of aryl methyl sites for hydroxylation is 2. The maximum Gasteiger partial charge on any atom is 0.326 e. The summed E-state index contributed by atoms with van der Waals surface area (Å²) in [7, 11) is 1.44. The SMILES string of the molecule is CC(=O)[C@H]1CCCN1C(=O)COc1cccc(OCC(=O)N2CCC[C@@H]2C(=O)O)c1C.CC(=O)[C@H]1CCCN1C(=O)Cc1cccc(CC(=O)N2CCC[C@@H]2C(=O)O)c1.COc1cccc(OCC(=O)N2CCC[C@@H]2C(=O)O)c1OCC(=O)N1CCC[C@@H]1C(C)=O.O=C(O)C1CCCN1C(=O)CCc1ccccc1CCC(=O)N1CCC[C@@H]1C(=O)O.O=C(O)[C@H]1CCCN1C(=O)Cc1ccc(CC(=O)N2CCC[C@@H]2C(=O)O)cc1. The number of ether oxygens (including phenoxy) is 5. The summed E-state index contributed by atoms with van der Waals surface area (Å²) in [5.41, 5.74) is 5.60. The zero-order valence-corrected chi connectivity index (χ0v) is 84.7. The number of carboxylic acids is 7. The van der Waals surface area contributed by atoms with E-state index in [0.29, 0.717) is 204 Å². The molecule has 42 heteroatoms. The van der Waals surface area contributed by atoms with Gasteiger partial charge in [-0.1, -0.05) is 84.9 Å². The summed E-state index contributed by atoms with van der Waals surface area (Å²) in [5, 5.41) is 64.7. The van der Waals surface area contributed by atoms with Crippen molar-refractivity contribution in [3.05, 3.63) is 148 Å². The molecule has 42 nitrogen and oxygen atoms in total. The number of carbonyl (C=O) groups excluding carboxylic acids is 13. The summed E-state index contributed by atoms with van der Waals surface area (Å²) in [6, 6.07) is 25.3. The lowest BCUT2D eigenvalue weighted by Crippen LogP contribution is -2.42. The number of amides is 10. The largest absolute Gasteiger partial charge is 0.493 e. The first-order valence-corrected chi connectivity index (χ1v) is 50.8. The fourth-order valence-electron chi connectivity index (χ4n) is 21.0. The Hall–Kier alpha value is -14.9. The van der Waals surface area contributed by atoms with Crippen molar-refractivity contribution in [2.24, 2.45) is 0 Å². The van der Waals surface area contributed by atoms with E-state index in [0.717, 1.165) is 59.1 Å². The van der Waals surface area contributed by atoms with Crippen LogP contribution >= 0.6 is 0 Å². The van der Waals surface area contributed by atoms with Gasteiger partial charge in [0.2, 0.25) is 41.2 Å². The van der Waals surface area contributed by atoms with Crippen LogP contribution in [0, 0.1) is 6.92 Å². The van der Waals surface area contributed by atoms with Gasteiger partial charge in [-0.15, -0.1) is 0 Å². The van der Waals surface area contributed by atoms with E-state index >= 15 is 0 Å². The van der Waals surface area contributed by atoms with Crippen molar-refractivity contribution in [3.8, 4) is 28.7 Å². The average Bonchev–Trinajstić information content (AvgIpc) is 1.82. The number of para-hydroxylation sites is 1. The van der Waals surface area contributed by atoms with E-state index in [-0.39, 0.29) is 159 Å². The molecular weight excluding hydrogens is 1940 g/mol. The van der Waals surface area contributed by atoms with Gasteiger partial charge in [0.25, 0.3) is 23.6 Å². The highest BCUT2D eigenvalue weighted by Crippen LogP contribution is 2.39. The minimum Gasteiger partial charge on any atom is -0.493 e. The van der Waals surface area contributed by atoms with E-state index in [1.807, 2.05) is 42.5 Å². The van der Waals surface area contributed by atoms with Gasteiger partial charge in [0, 0.05) is 83.9 Å². The molecule has 10 saturated heterocycles. The first-order valence-electron chi connectivity index (χ1n) is 50.8. The van der Waals surface area contributed by atoms with Crippen molar-refractivity contribution in [1.29, 1.82) is 0 Å². The molecule has 804 valence electrons. The van der Waals surface area contributed by atoms with Gasteiger partial charge in [-0.2, -0.15) is 0 Å². The highest BCUT2D eigenvalue weighted by molar-refractivity contribution is 5.94. The molecule has 10 aliphatic heterocycles. The highest BCUT2D eigenvalue weighted by Gasteiger charge is 2.43. The number of carboxylic acid groups (broad SMARTS) is 7. The lowest BCUT2D eigenvalue weighted by molar-refractivity contribution is -0.149. The van der Waals surface area contributed by atoms with E-state index < -0.39 is 96.0 Å². The lowest BCUT2D eigenvalue weighted by Gasteiger charge is -2.24. The quantitative estimate of drug-likeness (QED) is 0.0221. The zero-order chi connectivity index (χ0) is 108. The minimum absolute atomic E-state index is 0.0174. The van der Waals surface area contributed by atoms with Crippen LogP contribution in [0.1, 0.15) is 201 Å². The predicted molar refractivity (Wildman–Crippen MR) is 530 cm³/mol. The number of nitrogens with zero attached hydrogens (tertiary/aromatic N) is 10. The number of rotatable bonds is 37. The van der Waals surface area contributed by atoms with E-state index in [9.17, 15) is 132 Å². The van der Waals surface area contributed by atoms with E-state index in [4.69, 9.17) is 23.7 Å². The Morgan fingerprint density at radius 1 is 0.255 bits per heavy atom. The molecule has 0 aliphatic carbocycles. The third kappa shape index (κ3) is 30.9. The van der Waals surface area contributed by atoms with Gasteiger partial charge in [0.15, 0.2) is 55.3 Å². The van der Waals surface area contributed by atoms with Crippen LogP contribution in [0.5, 0.6) is 28.7 Å². The van der Waals surface area contributed by atoms with Gasteiger partial charge in [-0.05, 0) is 227 Å². The fraction of sp³-hybridized carbons (Fsp3) is 0.533. The second kappa shape index (κ2) is 54.7. The molecule has 0 bridgehead atoms. The smallest absolute Gasteiger partial charge is 0.326 e. The van der Waals surface area contributed by atoms with Crippen LogP contribution in [0.3, 0.4) is 0 Å². The van der Waals surface area contributed by atoms with Crippen molar-refractivity contribution in [2.45, 2.75) is 268 Å². The molecule has 149 heavy (non-hydrogen) atoms. The zero-order valence-electron chi connectivity index (χ0n) is 84.7. The second-order valence-corrected chi connectivity index (χ2v) is 38.6. The van der Waals surface area contributed by atoms with Gasteiger partial charge in [0.05, 0.1) is 50.9 Å². The third-order valence-corrected chi connectivity index (χ3v) is 28.7. The maximum atomic E-state index is 12.6. The van der Waals surface area contributed by atoms with Crippen molar-refractivity contribution in [1.82, 2.24) is 49.0 Å². The number of carbonyl (C=O) groups is 20. The van der Waals surface area contributed by atoms with Crippen molar-refractivity contribution < 1.29 is 155 Å². The standard InChI is InChI=1S/C22H28N2O8.C22H28N2O7.C22H28N2O6.C21H26N2O5.C20H24N2O6/c1-14(25)15-6-4-10-23(15)20(27)13-32-21-17(30-2)8-3-9-18(21)31-12-19(26)24-11-5-7-16(24)22(28)29;1-14-18(30-12-20(26)23-10-4-6-16(23)15(2)25)8-3-9-19(14)31-13-21(27)24-11-5-7-17(24)22(28)29;25-19(23-13-3-7-17(23)21(27)28)11-9-15-5-1-2-6-16(15)10-12-20(26)24-14-4-8-18(24)22(29)30;1-14(24)17-7-3-9-22(17)19(25)12-15-5-2-6-16(11-15)13-20(26)23-10-4-8-18(23)21(27)28;23-17(21-9-1-3-15(21)19(25)26)11-13-5-7-14(8-6-13)12-18(24)22-10-2-4-16(22)20(27)28/h3,8-9,15-16H,4-7,10-13H2,1-2H3,(H,28,29);3,8-9,16-17H,4-7,10-13H2,1-2H3,(H,28,29);1-2,5-6,17-18H,3-4,7-14H2,(H,27,28)(H,29,30);2,5-6,11,17-18H,3-4,7-10,12-13H2,1H3,(H,27,28);5-8,15-16H,1-4,9-12H2,(H,25,26)(H,27,28)/t15-,16-;16-,17-;17-,18?;17-,18-;15-,16-/m11111/s1. The maximum absolute atomic E-state index is 12.6. The third-order valence-electron chi connectivity index (χ3n) is 28.7. The van der Waals surface area contributed by atoms with Gasteiger partial charge in [-0.3, -0.25) is 62.3 Å². The van der Waals surface area contributed by atoms with Crippen LogP contribution in [-0.2, 0) is 134 Å². The van der Waals surface area contributed by atoms with Crippen LogP contribution < -0.4 is 23.7 Å². The van der Waals surface area contributed by atoms with E-state index in [1.165, 1.54) is 67.1 Å². The summed E-state index contributed by atoms with van der Waals surface area (Å²) >= 11 is 0. The van der Waals surface area contributed by atoms with Gasteiger partial charge in [-0.25, -0.2) is 33.6 Å². The molecule has 10 atom stereocenters. The highest BCUT2D eigenvalue weighted by atomic mass is 16.5. The first-order chi connectivity index (χ1) is 71.2. The molecule has 15 rings (SSSR count). The number of hydrogen-bond acceptors (Lipinski definition) is 25. The Bertz CT molecular complexity index is 5470. The molecule has 10 heterocycles. The number of ketones is 3. The molecule has 10 aliphatic rings. The molecule has 10 amide bonds. The monoisotopic (exact) mass is 2070 g/mol. The topological polar surface area (TPSA) is 562 Å². The first kappa shape index (κ1) is 114. The number of methoxy groups -OCH3 is 1.